The van der Waals surface area contributed by atoms with E-state index in [2.05, 4.69) is 42.2 Å². The van der Waals surface area contributed by atoms with Gasteiger partial charge in [0.15, 0.2) is 0 Å². The van der Waals surface area contributed by atoms with Crippen LogP contribution in [0.2, 0.25) is 0 Å². The van der Waals surface area contributed by atoms with Crippen LogP contribution in [0, 0.1) is 0 Å². The first kappa shape index (κ1) is 14.1. The molecular formula is C14H25N3. The highest BCUT2D eigenvalue weighted by atomic mass is 15.1. The average Bonchev–Trinajstić information content (AvgIpc) is 2.37. The van der Waals surface area contributed by atoms with Crippen molar-refractivity contribution in [1.29, 1.82) is 0 Å². The normalized spacial score (nSPS) is 12.9. The van der Waals surface area contributed by atoms with Crippen molar-refractivity contribution in [3.05, 3.63) is 30.1 Å². The van der Waals surface area contributed by atoms with Gasteiger partial charge < -0.3 is 10.2 Å². The van der Waals surface area contributed by atoms with Gasteiger partial charge in [-0.25, -0.2) is 0 Å². The van der Waals surface area contributed by atoms with Crippen LogP contribution in [0.15, 0.2) is 24.4 Å². The van der Waals surface area contributed by atoms with Crippen molar-refractivity contribution in [1.82, 2.24) is 15.2 Å². The second-order valence-electron chi connectivity index (χ2n) is 4.64. The van der Waals surface area contributed by atoms with E-state index in [-0.39, 0.29) is 0 Å². The van der Waals surface area contributed by atoms with E-state index in [1.165, 1.54) is 12.1 Å². The zero-order chi connectivity index (χ0) is 12.5. The third-order valence-electron chi connectivity index (χ3n) is 3.07. The second-order valence-corrected chi connectivity index (χ2v) is 4.64. The van der Waals surface area contributed by atoms with Gasteiger partial charge in [-0.1, -0.05) is 13.0 Å². The maximum Gasteiger partial charge on any atom is 0.0416 e. The first-order valence-electron chi connectivity index (χ1n) is 6.54. The Morgan fingerprint density at radius 2 is 2.18 bits per heavy atom. The molecule has 1 unspecified atom stereocenters. The van der Waals surface area contributed by atoms with E-state index in [0.717, 1.165) is 26.1 Å². The predicted molar refractivity (Wildman–Crippen MR) is 73.2 cm³/mol. The summed E-state index contributed by atoms with van der Waals surface area (Å²) in [6.45, 7) is 7.67. The zero-order valence-corrected chi connectivity index (χ0v) is 11.3. The highest BCUT2D eigenvalue weighted by molar-refractivity contribution is 5.03. The van der Waals surface area contributed by atoms with Crippen molar-refractivity contribution >= 4 is 0 Å². The van der Waals surface area contributed by atoms with E-state index in [4.69, 9.17) is 0 Å². The van der Waals surface area contributed by atoms with E-state index < -0.39 is 0 Å². The Balaban J connectivity index is 2.11. The average molecular weight is 235 g/mol. The fourth-order valence-corrected chi connectivity index (χ4v) is 1.61. The minimum Gasteiger partial charge on any atom is -0.313 e. The summed E-state index contributed by atoms with van der Waals surface area (Å²) in [6, 6.07) is 6.72. The van der Waals surface area contributed by atoms with Gasteiger partial charge in [0.05, 0.1) is 0 Å². The van der Waals surface area contributed by atoms with Crippen LogP contribution in [0.25, 0.3) is 0 Å². The lowest BCUT2D eigenvalue weighted by Crippen LogP contribution is -2.34. The van der Waals surface area contributed by atoms with Gasteiger partial charge in [0.25, 0.3) is 0 Å². The molecule has 0 aliphatic heterocycles. The summed E-state index contributed by atoms with van der Waals surface area (Å²) in [5.74, 6) is 0. The summed E-state index contributed by atoms with van der Waals surface area (Å²) in [5.41, 5.74) is 1.18. The molecule has 0 aliphatic carbocycles. The maximum absolute atomic E-state index is 4.33. The lowest BCUT2D eigenvalue weighted by molar-refractivity contribution is 0.327. The molecule has 1 aromatic rings. The maximum atomic E-state index is 4.33. The van der Waals surface area contributed by atoms with Gasteiger partial charge in [-0.05, 0) is 32.5 Å². The van der Waals surface area contributed by atoms with Crippen molar-refractivity contribution < 1.29 is 0 Å². The van der Waals surface area contributed by atoms with Crippen LogP contribution in [-0.2, 0) is 6.42 Å². The molecule has 3 nitrogen and oxygen atoms in total. The SMILES string of the molecule is CCC(C)NCCN(C)CCc1ccccn1. The molecule has 1 heterocycles. The van der Waals surface area contributed by atoms with Gasteiger partial charge in [0, 0.05) is 44.0 Å². The third-order valence-corrected chi connectivity index (χ3v) is 3.07. The molecule has 3 heteroatoms. The van der Waals surface area contributed by atoms with Crippen LogP contribution in [0.1, 0.15) is 26.0 Å². The summed E-state index contributed by atoms with van der Waals surface area (Å²) in [5, 5.41) is 3.50. The van der Waals surface area contributed by atoms with Gasteiger partial charge in [0.2, 0.25) is 0 Å². The van der Waals surface area contributed by atoms with Gasteiger partial charge in [-0.15, -0.1) is 0 Å². The van der Waals surface area contributed by atoms with Crippen molar-refractivity contribution in [3.63, 3.8) is 0 Å². The summed E-state index contributed by atoms with van der Waals surface area (Å²) in [6.07, 6.45) is 4.08. The Bertz CT molecular complexity index is 287. The largest absolute Gasteiger partial charge is 0.313 e. The number of aromatic nitrogens is 1. The van der Waals surface area contributed by atoms with E-state index >= 15 is 0 Å². The molecule has 0 aromatic carbocycles. The lowest BCUT2D eigenvalue weighted by Gasteiger charge is -2.18. The molecule has 0 aliphatic rings. The van der Waals surface area contributed by atoms with Crippen LogP contribution in [0.5, 0.6) is 0 Å². The Labute approximate surface area is 105 Å². The second kappa shape index (κ2) is 8.20. The summed E-state index contributed by atoms with van der Waals surface area (Å²) < 4.78 is 0. The fourth-order valence-electron chi connectivity index (χ4n) is 1.61. The molecular weight excluding hydrogens is 210 g/mol. The lowest BCUT2D eigenvalue weighted by atomic mass is 10.2. The van der Waals surface area contributed by atoms with Gasteiger partial charge in [-0.3, -0.25) is 4.98 Å². The molecule has 0 bridgehead atoms. The molecule has 1 atom stereocenters. The highest BCUT2D eigenvalue weighted by Crippen LogP contribution is 1.96. The smallest absolute Gasteiger partial charge is 0.0416 e. The molecule has 96 valence electrons. The van der Waals surface area contributed by atoms with Crippen molar-refractivity contribution in [2.45, 2.75) is 32.7 Å². The summed E-state index contributed by atoms with van der Waals surface area (Å²) >= 11 is 0. The van der Waals surface area contributed by atoms with E-state index in [0.29, 0.717) is 6.04 Å². The highest BCUT2D eigenvalue weighted by Gasteiger charge is 2.01. The third kappa shape index (κ3) is 6.39. The predicted octanol–water partition coefficient (Wildman–Crippen LogP) is 1.94. The molecule has 0 radical (unpaired) electrons. The minimum atomic E-state index is 0.624. The Kier molecular flexibility index (Phi) is 6.82. The molecule has 1 rings (SSSR count). The number of hydrogen-bond acceptors (Lipinski definition) is 3. The van der Waals surface area contributed by atoms with Crippen molar-refractivity contribution in [2.24, 2.45) is 0 Å². The standard InChI is InChI=1S/C14H25N3/c1-4-13(2)15-10-12-17(3)11-8-14-7-5-6-9-16-14/h5-7,9,13,15H,4,8,10-12H2,1-3H3. The molecule has 0 saturated heterocycles. The Morgan fingerprint density at radius 3 is 2.82 bits per heavy atom. The molecule has 0 saturated carbocycles. The monoisotopic (exact) mass is 235 g/mol. The molecule has 1 aromatic heterocycles. The molecule has 0 spiro atoms. The fraction of sp³-hybridized carbons (Fsp3) is 0.643. The van der Waals surface area contributed by atoms with Crippen LogP contribution in [-0.4, -0.2) is 42.6 Å². The Morgan fingerprint density at radius 1 is 1.35 bits per heavy atom. The van der Waals surface area contributed by atoms with Crippen LogP contribution in [0.3, 0.4) is 0 Å². The Hall–Kier alpha value is -0.930. The molecule has 17 heavy (non-hydrogen) atoms. The first-order valence-corrected chi connectivity index (χ1v) is 6.54. The number of nitrogens with one attached hydrogen (secondary N) is 1. The van der Waals surface area contributed by atoms with E-state index in [9.17, 15) is 0 Å². The van der Waals surface area contributed by atoms with Crippen LogP contribution >= 0.6 is 0 Å². The van der Waals surface area contributed by atoms with Crippen LogP contribution < -0.4 is 5.32 Å². The van der Waals surface area contributed by atoms with E-state index in [1.807, 2.05) is 18.3 Å². The number of likely N-dealkylation sites (N-methyl/N-ethyl adjacent to an activating group) is 1. The summed E-state index contributed by atoms with van der Waals surface area (Å²) in [7, 11) is 2.17. The molecule has 0 amide bonds. The number of hydrogen-bond donors (Lipinski definition) is 1. The minimum absolute atomic E-state index is 0.624. The van der Waals surface area contributed by atoms with Crippen molar-refractivity contribution in [2.75, 3.05) is 26.7 Å². The molecule has 0 fully saturated rings. The first-order chi connectivity index (χ1) is 8.22. The zero-order valence-electron chi connectivity index (χ0n) is 11.3. The van der Waals surface area contributed by atoms with Gasteiger partial charge in [-0.2, -0.15) is 0 Å². The number of nitrogens with zero attached hydrogens (tertiary/aromatic N) is 2. The quantitative estimate of drug-likeness (QED) is 0.746. The van der Waals surface area contributed by atoms with Crippen LogP contribution in [0.4, 0.5) is 0 Å². The molecule has 1 N–H and O–H groups in total. The van der Waals surface area contributed by atoms with Gasteiger partial charge in [0.1, 0.15) is 0 Å². The number of pyridine rings is 1. The topological polar surface area (TPSA) is 28.2 Å². The summed E-state index contributed by atoms with van der Waals surface area (Å²) in [4.78, 5) is 6.68. The van der Waals surface area contributed by atoms with E-state index in [1.54, 1.807) is 0 Å². The van der Waals surface area contributed by atoms with Gasteiger partial charge >= 0.3 is 0 Å². The van der Waals surface area contributed by atoms with Crippen molar-refractivity contribution in [3.8, 4) is 0 Å². The number of rotatable bonds is 8.